The summed E-state index contributed by atoms with van der Waals surface area (Å²) in [6.45, 7) is 4.57. The number of hydrogen-bond donors (Lipinski definition) is 3. The van der Waals surface area contributed by atoms with Crippen LogP contribution in [-0.2, 0) is 76.1 Å². The maximum Gasteiger partial charge on any atom is 0.358 e. The number of rotatable bonds is 36. The summed E-state index contributed by atoms with van der Waals surface area (Å²) in [5.41, 5.74) is 0. The van der Waals surface area contributed by atoms with E-state index in [2.05, 4.69) is 10.6 Å². The number of aliphatic hydroxyl groups is 1. The third-order valence-corrected chi connectivity index (χ3v) is 6.33. The van der Waals surface area contributed by atoms with Crippen molar-refractivity contribution in [1.82, 2.24) is 15.7 Å². The summed E-state index contributed by atoms with van der Waals surface area (Å²) in [6, 6.07) is 0. The fourth-order valence-electron chi connectivity index (χ4n) is 3.78. The Morgan fingerprint density at radius 2 is 1.08 bits per heavy atom. The lowest BCUT2D eigenvalue weighted by molar-refractivity contribution is -0.225. The molecule has 0 aliphatic carbocycles. The van der Waals surface area contributed by atoms with Crippen LogP contribution in [0.25, 0.3) is 0 Å². The van der Waals surface area contributed by atoms with Gasteiger partial charge in [0.05, 0.1) is 106 Å². The Hall–Kier alpha value is -2.60. The van der Waals surface area contributed by atoms with Gasteiger partial charge < -0.3 is 72.7 Å². The van der Waals surface area contributed by atoms with Gasteiger partial charge in [0.25, 0.3) is 5.91 Å². The predicted octanol–water partition coefficient (Wildman–Crippen LogP) is -2.57. The Morgan fingerprint density at radius 3 is 1.53 bits per heavy atom. The highest BCUT2D eigenvalue weighted by molar-refractivity contribution is 5.80. The van der Waals surface area contributed by atoms with Crippen molar-refractivity contribution in [2.75, 3.05) is 153 Å². The van der Waals surface area contributed by atoms with Gasteiger partial charge in [-0.3, -0.25) is 14.4 Å². The minimum atomic E-state index is -1.19. The van der Waals surface area contributed by atoms with E-state index in [1.807, 2.05) is 0 Å². The number of aliphatic hydroxyl groups excluding tert-OH is 1. The number of hydroxylamine groups is 2. The number of amides is 3. The van der Waals surface area contributed by atoms with Gasteiger partial charge in [-0.2, -0.15) is 0 Å². The maximum absolute atomic E-state index is 12.2. The highest BCUT2D eigenvalue weighted by Gasteiger charge is 2.33. The van der Waals surface area contributed by atoms with Crippen molar-refractivity contribution < 1.29 is 81.2 Å². The van der Waals surface area contributed by atoms with Crippen LogP contribution in [0.5, 0.6) is 0 Å². The molecule has 1 aliphatic rings. The van der Waals surface area contributed by atoms with Crippen LogP contribution in [-0.4, -0.2) is 199 Å². The van der Waals surface area contributed by atoms with Crippen molar-refractivity contribution in [3.63, 3.8) is 0 Å². The van der Waals surface area contributed by atoms with Gasteiger partial charge in [0.15, 0.2) is 6.23 Å². The SMILES string of the molecule is COCCOCCOCC(=O)NCCOCCOCC(COCCOCCNC(=O)COCCOCCOC)OCC(=O)ON1C(=O)CCC1O. The van der Waals surface area contributed by atoms with E-state index in [9.17, 15) is 24.3 Å². The summed E-state index contributed by atoms with van der Waals surface area (Å²) >= 11 is 0. The first kappa shape index (κ1) is 46.4. The summed E-state index contributed by atoms with van der Waals surface area (Å²) in [5.74, 6) is -1.92. The van der Waals surface area contributed by atoms with Gasteiger partial charge in [-0.15, -0.1) is 5.06 Å². The Bertz CT molecular complexity index is 858. The quantitative estimate of drug-likeness (QED) is 0.0561. The molecule has 298 valence electrons. The van der Waals surface area contributed by atoms with E-state index in [0.29, 0.717) is 57.9 Å². The number of hydrogen-bond acceptors (Lipinski definition) is 17. The number of carbonyl (C=O) groups excluding carboxylic acids is 4. The highest BCUT2D eigenvalue weighted by atomic mass is 16.7. The van der Waals surface area contributed by atoms with E-state index in [-0.39, 0.29) is 104 Å². The fourth-order valence-corrected chi connectivity index (χ4v) is 3.78. The lowest BCUT2D eigenvalue weighted by atomic mass is 10.4. The van der Waals surface area contributed by atoms with Gasteiger partial charge in [-0.25, -0.2) is 4.79 Å². The summed E-state index contributed by atoms with van der Waals surface area (Å²) in [4.78, 5) is 52.5. The summed E-state index contributed by atoms with van der Waals surface area (Å²) in [7, 11) is 3.17. The standard InChI is InChI=1S/C31H57N3O17/c1-40-9-11-44-15-19-48-23-27(35)32-5-7-42-13-17-46-21-26(50-25-31(39)51-34-29(37)3-4-30(34)38)22-47-18-14-43-8-6-33-28(36)24-49-20-16-45-12-10-41-2/h26,29,37H,3-25H2,1-2H3,(H,32,35)(H,33,36). The molecule has 1 atom stereocenters. The van der Waals surface area contributed by atoms with Crippen molar-refractivity contribution >= 4 is 23.7 Å². The molecule has 3 amide bonds. The highest BCUT2D eigenvalue weighted by Crippen LogP contribution is 2.16. The molecule has 20 heteroatoms. The summed E-state index contributed by atoms with van der Waals surface area (Å²) in [6.07, 6.45) is -1.64. The van der Waals surface area contributed by atoms with Crippen molar-refractivity contribution in [3.8, 4) is 0 Å². The number of nitrogens with one attached hydrogen (secondary N) is 2. The Kier molecular flexibility index (Phi) is 30.3. The fraction of sp³-hybridized carbons (Fsp3) is 0.871. The molecule has 51 heavy (non-hydrogen) atoms. The molecule has 0 radical (unpaired) electrons. The second-order valence-corrected chi connectivity index (χ2v) is 10.5. The van der Waals surface area contributed by atoms with Gasteiger partial charge in [0.2, 0.25) is 11.8 Å². The van der Waals surface area contributed by atoms with Crippen LogP contribution in [0.3, 0.4) is 0 Å². The first-order valence-corrected chi connectivity index (χ1v) is 16.8. The van der Waals surface area contributed by atoms with Crippen LogP contribution in [0.2, 0.25) is 0 Å². The second-order valence-electron chi connectivity index (χ2n) is 10.5. The maximum atomic E-state index is 12.2. The molecule has 3 N–H and O–H groups in total. The number of nitrogens with zero attached hydrogens (tertiary/aromatic N) is 1. The van der Waals surface area contributed by atoms with Crippen molar-refractivity contribution in [1.29, 1.82) is 0 Å². The average Bonchev–Trinajstić information content (AvgIpc) is 3.43. The van der Waals surface area contributed by atoms with Crippen LogP contribution in [0.1, 0.15) is 12.8 Å². The zero-order chi connectivity index (χ0) is 37.2. The summed E-state index contributed by atoms with van der Waals surface area (Å²) in [5, 5.41) is 15.8. The molecule has 0 bridgehead atoms. The predicted molar refractivity (Wildman–Crippen MR) is 174 cm³/mol. The van der Waals surface area contributed by atoms with E-state index in [4.69, 9.17) is 56.9 Å². The van der Waals surface area contributed by atoms with E-state index < -0.39 is 30.8 Å². The number of ether oxygens (including phenoxy) is 11. The summed E-state index contributed by atoms with van der Waals surface area (Å²) < 4.78 is 58.4. The molecule has 1 unspecified atom stereocenters. The third kappa shape index (κ3) is 27.7. The monoisotopic (exact) mass is 743 g/mol. The minimum Gasteiger partial charge on any atom is -0.382 e. The van der Waals surface area contributed by atoms with E-state index in [0.717, 1.165) is 0 Å². The van der Waals surface area contributed by atoms with Gasteiger partial charge in [-0.1, -0.05) is 0 Å². The van der Waals surface area contributed by atoms with Crippen LogP contribution in [0.4, 0.5) is 0 Å². The van der Waals surface area contributed by atoms with Gasteiger partial charge in [0, 0.05) is 40.2 Å². The lowest BCUT2D eigenvalue weighted by Crippen LogP contribution is -2.37. The third-order valence-electron chi connectivity index (χ3n) is 6.33. The average molecular weight is 744 g/mol. The Labute approximate surface area is 298 Å². The topological polar surface area (TPSA) is 227 Å². The lowest BCUT2D eigenvalue weighted by Gasteiger charge is -2.21. The molecule has 1 aliphatic heterocycles. The molecule has 0 saturated carbocycles. The zero-order valence-corrected chi connectivity index (χ0v) is 29.8. The molecule has 1 heterocycles. The zero-order valence-electron chi connectivity index (χ0n) is 29.8. The second kappa shape index (κ2) is 33.3. The van der Waals surface area contributed by atoms with Crippen LogP contribution in [0, 0.1) is 0 Å². The van der Waals surface area contributed by atoms with Gasteiger partial charge in [-0.05, 0) is 0 Å². The molecular formula is C31H57N3O17. The van der Waals surface area contributed by atoms with Crippen molar-refractivity contribution in [2.24, 2.45) is 0 Å². The molecule has 1 rings (SSSR count). The van der Waals surface area contributed by atoms with Crippen LogP contribution >= 0.6 is 0 Å². The molecule has 0 aromatic heterocycles. The minimum absolute atomic E-state index is 0.0411. The first-order chi connectivity index (χ1) is 24.9. The molecule has 0 aromatic carbocycles. The Balaban J connectivity index is 2.20. The van der Waals surface area contributed by atoms with Gasteiger partial charge in [0.1, 0.15) is 25.9 Å². The first-order valence-electron chi connectivity index (χ1n) is 16.8. The van der Waals surface area contributed by atoms with E-state index >= 15 is 0 Å². The number of methoxy groups -OCH3 is 2. The molecule has 0 spiro atoms. The van der Waals surface area contributed by atoms with E-state index in [1.54, 1.807) is 14.2 Å². The molecule has 0 aromatic rings. The largest absolute Gasteiger partial charge is 0.382 e. The van der Waals surface area contributed by atoms with Crippen LogP contribution < -0.4 is 10.6 Å². The molecule has 1 fully saturated rings. The molecule has 20 nitrogen and oxygen atoms in total. The van der Waals surface area contributed by atoms with Crippen LogP contribution in [0.15, 0.2) is 0 Å². The molecular weight excluding hydrogens is 686 g/mol. The normalized spacial score (nSPS) is 14.4. The van der Waals surface area contributed by atoms with Gasteiger partial charge >= 0.3 is 5.97 Å². The van der Waals surface area contributed by atoms with Crippen molar-refractivity contribution in [2.45, 2.75) is 25.2 Å². The van der Waals surface area contributed by atoms with Crippen molar-refractivity contribution in [3.05, 3.63) is 0 Å². The Morgan fingerprint density at radius 1 is 0.647 bits per heavy atom. The molecule has 1 saturated heterocycles. The number of carbonyl (C=O) groups is 4. The smallest absolute Gasteiger partial charge is 0.358 e. The van der Waals surface area contributed by atoms with E-state index in [1.165, 1.54) is 0 Å².